The summed E-state index contributed by atoms with van der Waals surface area (Å²) in [4.78, 5) is 6.84. The summed E-state index contributed by atoms with van der Waals surface area (Å²) in [5.74, 6) is 1.60. The molecular weight excluding hydrogens is 264 g/mol. The number of nitrogens with one attached hydrogen (secondary N) is 1. The number of pyridine rings is 1. The highest BCUT2D eigenvalue weighted by Gasteiger charge is 2.23. The highest BCUT2D eigenvalue weighted by Crippen LogP contribution is 2.19. The molecule has 0 spiro atoms. The maximum Gasteiger partial charge on any atom is 0.126 e. The standard InChI is InChI=1S/C16H22N4O/c17-9-13-1-2-16(18-10-13)19-15-3-6-20(7-4-15)11-14-5-8-21-12-14/h1-2,10,14-15H,3-8,11-12H2,(H,18,19). The second kappa shape index (κ2) is 6.88. The molecule has 2 aliphatic heterocycles. The third-order valence-electron chi connectivity index (χ3n) is 4.37. The number of anilines is 1. The number of nitriles is 1. The maximum atomic E-state index is 8.77. The second-order valence-corrected chi connectivity index (χ2v) is 5.99. The molecule has 112 valence electrons. The SMILES string of the molecule is N#Cc1ccc(NC2CCN(CC3CCOC3)CC2)nc1. The minimum atomic E-state index is 0.488. The van der Waals surface area contributed by atoms with E-state index in [1.165, 1.54) is 13.0 Å². The van der Waals surface area contributed by atoms with Crippen LogP contribution in [0.2, 0.25) is 0 Å². The summed E-state index contributed by atoms with van der Waals surface area (Å²) < 4.78 is 5.45. The maximum absolute atomic E-state index is 8.77. The van der Waals surface area contributed by atoms with E-state index in [-0.39, 0.29) is 0 Å². The molecule has 2 aliphatic rings. The molecule has 1 aromatic rings. The third-order valence-corrected chi connectivity index (χ3v) is 4.37. The minimum Gasteiger partial charge on any atom is -0.381 e. The molecule has 5 nitrogen and oxygen atoms in total. The van der Waals surface area contributed by atoms with Gasteiger partial charge in [-0.15, -0.1) is 0 Å². The van der Waals surface area contributed by atoms with E-state index >= 15 is 0 Å². The van der Waals surface area contributed by atoms with Crippen molar-refractivity contribution in [2.24, 2.45) is 5.92 Å². The Morgan fingerprint density at radius 2 is 2.19 bits per heavy atom. The van der Waals surface area contributed by atoms with Gasteiger partial charge in [-0.1, -0.05) is 0 Å². The average Bonchev–Trinajstić information content (AvgIpc) is 3.03. The van der Waals surface area contributed by atoms with Crippen molar-refractivity contribution in [3.63, 3.8) is 0 Å². The fourth-order valence-corrected chi connectivity index (χ4v) is 3.11. The van der Waals surface area contributed by atoms with E-state index in [0.717, 1.165) is 50.9 Å². The summed E-state index contributed by atoms with van der Waals surface area (Å²) in [6, 6.07) is 6.28. The van der Waals surface area contributed by atoms with E-state index in [1.54, 1.807) is 6.20 Å². The summed E-state index contributed by atoms with van der Waals surface area (Å²) >= 11 is 0. The van der Waals surface area contributed by atoms with Gasteiger partial charge in [0, 0.05) is 38.5 Å². The highest BCUT2D eigenvalue weighted by atomic mass is 16.5. The predicted molar refractivity (Wildman–Crippen MR) is 81.0 cm³/mol. The number of nitrogens with zero attached hydrogens (tertiary/aromatic N) is 3. The van der Waals surface area contributed by atoms with Crippen molar-refractivity contribution < 1.29 is 4.74 Å². The monoisotopic (exact) mass is 286 g/mol. The molecule has 1 N–H and O–H groups in total. The lowest BCUT2D eigenvalue weighted by Crippen LogP contribution is -2.41. The zero-order valence-corrected chi connectivity index (χ0v) is 12.3. The molecule has 1 atom stereocenters. The van der Waals surface area contributed by atoms with Crippen LogP contribution in [0, 0.1) is 17.2 Å². The van der Waals surface area contributed by atoms with Gasteiger partial charge in [0.25, 0.3) is 0 Å². The zero-order valence-electron chi connectivity index (χ0n) is 12.3. The van der Waals surface area contributed by atoms with E-state index in [0.29, 0.717) is 11.6 Å². The molecule has 1 unspecified atom stereocenters. The lowest BCUT2D eigenvalue weighted by Gasteiger charge is -2.33. The fourth-order valence-electron chi connectivity index (χ4n) is 3.11. The normalized spacial score (nSPS) is 23.9. The number of ether oxygens (including phenoxy) is 1. The van der Waals surface area contributed by atoms with Crippen LogP contribution in [0.3, 0.4) is 0 Å². The van der Waals surface area contributed by atoms with Gasteiger partial charge in [0.1, 0.15) is 11.9 Å². The summed E-state index contributed by atoms with van der Waals surface area (Å²) in [7, 11) is 0. The number of piperidine rings is 1. The lowest BCUT2D eigenvalue weighted by atomic mass is 10.0. The second-order valence-electron chi connectivity index (χ2n) is 5.99. The molecule has 2 fully saturated rings. The molecule has 2 saturated heterocycles. The van der Waals surface area contributed by atoms with Crippen molar-refractivity contribution in [1.82, 2.24) is 9.88 Å². The topological polar surface area (TPSA) is 61.2 Å². The molecule has 1 aromatic heterocycles. The number of aromatic nitrogens is 1. The van der Waals surface area contributed by atoms with Gasteiger partial charge in [-0.05, 0) is 37.3 Å². The van der Waals surface area contributed by atoms with Crippen molar-refractivity contribution in [1.29, 1.82) is 5.26 Å². The van der Waals surface area contributed by atoms with Gasteiger partial charge in [0.05, 0.1) is 12.2 Å². The summed E-state index contributed by atoms with van der Waals surface area (Å²) in [6.07, 6.45) is 5.13. The van der Waals surface area contributed by atoms with Gasteiger partial charge in [-0.2, -0.15) is 5.26 Å². The Hall–Kier alpha value is -1.64. The molecule has 0 radical (unpaired) electrons. The Bertz CT molecular complexity index is 482. The Labute approximate surface area is 125 Å². The number of likely N-dealkylation sites (tertiary alicyclic amines) is 1. The van der Waals surface area contributed by atoms with Crippen molar-refractivity contribution >= 4 is 5.82 Å². The molecule has 0 aromatic carbocycles. The van der Waals surface area contributed by atoms with Gasteiger partial charge in [-0.25, -0.2) is 4.98 Å². The molecule has 21 heavy (non-hydrogen) atoms. The van der Waals surface area contributed by atoms with Crippen LogP contribution >= 0.6 is 0 Å². The van der Waals surface area contributed by atoms with Crippen LogP contribution in [0.4, 0.5) is 5.82 Å². The van der Waals surface area contributed by atoms with Crippen molar-refractivity contribution in [3.05, 3.63) is 23.9 Å². The largest absolute Gasteiger partial charge is 0.381 e. The van der Waals surface area contributed by atoms with Crippen LogP contribution in [-0.4, -0.2) is 48.8 Å². The van der Waals surface area contributed by atoms with Crippen molar-refractivity contribution in [3.8, 4) is 6.07 Å². The third kappa shape index (κ3) is 3.93. The van der Waals surface area contributed by atoms with Crippen LogP contribution < -0.4 is 5.32 Å². The number of rotatable bonds is 4. The summed E-state index contributed by atoms with van der Waals surface area (Å²) in [5.41, 5.74) is 0.606. The van der Waals surface area contributed by atoms with Crippen LogP contribution in [-0.2, 0) is 4.74 Å². The van der Waals surface area contributed by atoms with Crippen molar-refractivity contribution in [2.75, 3.05) is 38.2 Å². The number of hydrogen-bond acceptors (Lipinski definition) is 5. The summed E-state index contributed by atoms with van der Waals surface area (Å²) in [5, 5.41) is 12.2. The Balaban J connectivity index is 1.43. The van der Waals surface area contributed by atoms with Crippen LogP contribution in [0.1, 0.15) is 24.8 Å². The quantitative estimate of drug-likeness (QED) is 0.915. The van der Waals surface area contributed by atoms with E-state index in [4.69, 9.17) is 10.00 Å². The van der Waals surface area contributed by atoms with Gasteiger partial charge in [-0.3, -0.25) is 0 Å². The first-order valence-electron chi connectivity index (χ1n) is 7.76. The van der Waals surface area contributed by atoms with Gasteiger partial charge in [0.2, 0.25) is 0 Å². The Morgan fingerprint density at radius 1 is 1.33 bits per heavy atom. The van der Waals surface area contributed by atoms with Gasteiger partial charge < -0.3 is 15.0 Å². The molecular formula is C16H22N4O. The lowest BCUT2D eigenvalue weighted by molar-refractivity contribution is 0.154. The Kier molecular flexibility index (Phi) is 4.69. The molecule has 0 saturated carbocycles. The first-order chi connectivity index (χ1) is 10.3. The zero-order chi connectivity index (χ0) is 14.5. The van der Waals surface area contributed by atoms with E-state index in [9.17, 15) is 0 Å². The van der Waals surface area contributed by atoms with Crippen LogP contribution in [0.25, 0.3) is 0 Å². The van der Waals surface area contributed by atoms with Gasteiger partial charge >= 0.3 is 0 Å². The number of hydrogen-bond donors (Lipinski definition) is 1. The van der Waals surface area contributed by atoms with E-state index in [1.807, 2.05) is 12.1 Å². The Morgan fingerprint density at radius 3 is 2.81 bits per heavy atom. The van der Waals surface area contributed by atoms with Gasteiger partial charge in [0.15, 0.2) is 0 Å². The molecule has 5 heteroatoms. The average molecular weight is 286 g/mol. The van der Waals surface area contributed by atoms with Crippen molar-refractivity contribution in [2.45, 2.75) is 25.3 Å². The molecule has 0 amide bonds. The summed E-state index contributed by atoms with van der Waals surface area (Å²) in [6.45, 7) is 5.34. The van der Waals surface area contributed by atoms with Crippen LogP contribution in [0.5, 0.6) is 0 Å². The molecule has 0 aliphatic carbocycles. The van der Waals surface area contributed by atoms with E-state index in [2.05, 4.69) is 21.3 Å². The minimum absolute atomic E-state index is 0.488. The fraction of sp³-hybridized carbons (Fsp3) is 0.625. The highest BCUT2D eigenvalue weighted by molar-refractivity contribution is 5.39. The predicted octanol–water partition coefficient (Wildman–Crippen LogP) is 1.87. The van der Waals surface area contributed by atoms with Crippen LogP contribution in [0.15, 0.2) is 18.3 Å². The molecule has 3 heterocycles. The van der Waals surface area contributed by atoms with E-state index < -0.39 is 0 Å². The first-order valence-corrected chi connectivity index (χ1v) is 7.76. The smallest absolute Gasteiger partial charge is 0.126 e. The first kappa shape index (κ1) is 14.3. The molecule has 3 rings (SSSR count). The molecule has 0 bridgehead atoms.